The molecule has 2 N–H and O–H groups in total. The molecule has 1 aromatic heterocycles. The Balaban J connectivity index is 2.84. The molecule has 14 heavy (non-hydrogen) atoms. The van der Waals surface area contributed by atoms with E-state index in [1.807, 2.05) is 22.6 Å². The summed E-state index contributed by atoms with van der Waals surface area (Å²) in [6, 6.07) is 1.58. The number of halogens is 2. The second kappa shape index (κ2) is 5.47. The summed E-state index contributed by atoms with van der Waals surface area (Å²) in [5.41, 5.74) is 0.471. The minimum Gasteiger partial charge on any atom is -0.395 e. The predicted octanol–water partition coefficient (Wildman–Crippen LogP) is 1.06. The first-order chi connectivity index (χ1) is 6.66. The molecule has 0 saturated carbocycles. The fourth-order valence-electron chi connectivity index (χ4n) is 0.858. The van der Waals surface area contributed by atoms with Gasteiger partial charge in [-0.05, 0) is 28.7 Å². The fourth-order valence-corrected chi connectivity index (χ4v) is 1.58. The van der Waals surface area contributed by atoms with Gasteiger partial charge < -0.3 is 10.4 Å². The fraction of sp³-hybridized carbons (Fsp3) is 0.250. The second-order valence-corrected chi connectivity index (χ2v) is 3.88. The predicted molar refractivity (Wildman–Crippen MR) is 61.4 cm³/mol. The van der Waals surface area contributed by atoms with Crippen LogP contribution in [0.1, 0.15) is 10.4 Å². The second-order valence-electron chi connectivity index (χ2n) is 2.44. The van der Waals surface area contributed by atoms with E-state index in [2.05, 4.69) is 10.3 Å². The lowest BCUT2D eigenvalue weighted by molar-refractivity contribution is 0.0944. The highest BCUT2D eigenvalue weighted by molar-refractivity contribution is 14.1. The van der Waals surface area contributed by atoms with Crippen LogP contribution in [0.4, 0.5) is 0 Å². The number of hydrogen-bond donors (Lipinski definition) is 2. The van der Waals surface area contributed by atoms with Crippen LogP contribution in [0.2, 0.25) is 5.15 Å². The van der Waals surface area contributed by atoms with Crippen molar-refractivity contribution in [2.75, 3.05) is 13.2 Å². The van der Waals surface area contributed by atoms with Crippen LogP contribution in [0, 0.1) is 3.57 Å². The summed E-state index contributed by atoms with van der Waals surface area (Å²) in [7, 11) is 0. The number of carbonyl (C=O) groups excluding carboxylic acids is 1. The molecule has 0 atom stereocenters. The third kappa shape index (κ3) is 2.79. The van der Waals surface area contributed by atoms with Crippen molar-refractivity contribution in [3.05, 3.63) is 26.5 Å². The van der Waals surface area contributed by atoms with Gasteiger partial charge in [0.05, 0.1) is 15.7 Å². The lowest BCUT2D eigenvalue weighted by Gasteiger charge is -2.05. The lowest BCUT2D eigenvalue weighted by atomic mass is 10.2. The van der Waals surface area contributed by atoms with Crippen molar-refractivity contribution in [1.29, 1.82) is 0 Å². The van der Waals surface area contributed by atoms with Gasteiger partial charge in [0.2, 0.25) is 0 Å². The summed E-state index contributed by atoms with van der Waals surface area (Å²) < 4.78 is 0.613. The van der Waals surface area contributed by atoms with Crippen molar-refractivity contribution < 1.29 is 9.90 Å². The Hall–Kier alpha value is -0.400. The molecule has 6 heteroatoms. The van der Waals surface area contributed by atoms with E-state index in [1.54, 1.807) is 6.07 Å². The molecule has 0 radical (unpaired) electrons. The molecule has 0 saturated heterocycles. The van der Waals surface area contributed by atoms with Gasteiger partial charge in [0.25, 0.3) is 5.91 Å². The number of hydrogen-bond acceptors (Lipinski definition) is 3. The molecule has 1 heterocycles. The van der Waals surface area contributed by atoms with Gasteiger partial charge in [0.1, 0.15) is 5.15 Å². The van der Waals surface area contributed by atoms with Crippen LogP contribution in [0.25, 0.3) is 0 Å². The third-order valence-electron chi connectivity index (χ3n) is 1.49. The Morgan fingerprint density at radius 1 is 1.71 bits per heavy atom. The Bertz CT molecular complexity index is 346. The van der Waals surface area contributed by atoms with Gasteiger partial charge in [0, 0.05) is 12.7 Å². The molecule has 4 nitrogen and oxygen atoms in total. The highest BCUT2D eigenvalue weighted by Crippen LogP contribution is 2.19. The van der Waals surface area contributed by atoms with Crippen molar-refractivity contribution in [2.24, 2.45) is 0 Å². The minimum absolute atomic E-state index is 0.0822. The SMILES string of the molecule is O=C(NCCO)c1ccnc(Cl)c1I. The van der Waals surface area contributed by atoms with E-state index in [0.717, 1.165) is 0 Å². The van der Waals surface area contributed by atoms with E-state index in [-0.39, 0.29) is 19.1 Å². The zero-order valence-electron chi connectivity index (χ0n) is 7.13. The van der Waals surface area contributed by atoms with E-state index in [1.165, 1.54) is 6.20 Å². The summed E-state index contributed by atoms with van der Waals surface area (Å²) >= 11 is 7.70. The molecule has 0 aliphatic carbocycles. The van der Waals surface area contributed by atoms with Crippen LogP contribution in [-0.4, -0.2) is 29.1 Å². The maximum absolute atomic E-state index is 11.5. The summed E-state index contributed by atoms with van der Waals surface area (Å²) in [6.07, 6.45) is 1.47. The average molecular weight is 327 g/mol. The normalized spacial score (nSPS) is 9.93. The van der Waals surface area contributed by atoms with Crippen molar-refractivity contribution in [1.82, 2.24) is 10.3 Å². The molecule has 0 aromatic carbocycles. The molecule has 76 valence electrons. The quantitative estimate of drug-likeness (QED) is 0.645. The van der Waals surface area contributed by atoms with Crippen LogP contribution >= 0.6 is 34.2 Å². The largest absolute Gasteiger partial charge is 0.395 e. The molecule has 1 amide bonds. The Kier molecular flexibility index (Phi) is 4.56. The number of carbonyl (C=O) groups is 1. The Morgan fingerprint density at radius 2 is 2.43 bits per heavy atom. The van der Waals surface area contributed by atoms with Gasteiger partial charge in [-0.15, -0.1) is 0 Å². The Morgan fingerprint density at radius 3 is 3.07 bits per heavy atom. The zero-order chi connectivity index (χ0) is 10.6. The summed E-state index contributed by atoms with van der Waals surface area (Å²) in [4.78, 5) is 15.3. The molecule has 0 aliphatic rings. The highest BCUT2D eigenvalue weighted by atomic mass is 127. The maximum atomic E-state index is 11.5. The highest BCUT2D eigenvalue weighted by Gasteiger charge is 2.11. The summed E-state index contributed by atoms with van der Waals surface area (Å²) in [6.45, 7) is 0.149. The van der Waals surface area contributed by atoms with Crippen molar-refractivity contribution in [3.63, 3.8) is 0 Å². The summed E-state index contributed by atoms with van der Waals surface area (Å²) in [5.74, 6) is -0.257. The molecule has 1 aromatic rings. The minimum atomic E-state index is -0.257. The average Bonchev–Trinajstić information content (AvgIpc) is 2.18. The molecular formula is C8H8ClIN2O2. The van der Waals surface area contributed by atoms with E-state index >= 15 is 0 Å². The molecule has 0 spiro atoms. The Labute approximate surface area is 99.8 Å². The number of aliphatic hydroxyl groups is 1. The van der Waals surface area contributed by atoms with Crippen molar-refractivity contribution >= 4 is 40.1 Å². The lowest BCUT2D eigenvalue weighted by Crippen LogP contribution is -2.27. The summed E-state index contributed by atoms with van der Waals surface area (Å²) in [5, 5.41) is 11.4. The smallest absolute Gasteiger partial charge is 0.252 e. The number of nitrogens with one attached hydrogen (secondary N) is 1. The first-order valence-electron chi connectivity index (χ1n) is 3.86. The van der Waals surface area contributed by atoms with Gasteiger partial charge in [0.15, 0.2) is 0 Å². The van der Waals surface area contributed by atoms with Crippen molar-refractivity contribution in [2.45, 2.75) is 0 Å². The number of aromatic nitrogens is 1. The van der Waals surface area contributed by atoms with Crippen LogP contribution in [0.15, 0.2) is 12.3 Å². The van der Waals surface area contributed by atoms with Gasteiger partial charge in [-0.1, -0.05) is 11.6 Å². The van der Waals surface area contributed by atoms with E-state index < -0.39 is 0 Å². The molecule has 0 fully saturated rings. The van der Waals surface area contributed by atoms with Crippen LogP contribution in [0.3, 0.4) is 0 Å². The molecule has 1 rings (SSSR count). The molecule has 0 aliphatic heterocycles. The van der Waals surface area contributed by atoms with Crippen molar-refractivity contribution in [3.8, 4) is 0 Å². The van der Waals surface area contributed by atoms with Gasteiger partial charge >= 0.3 is 0 Å². The van der Waals surface area contributed by atoms with Crippen LogP contribution < -0.4 is 5.32 Å². The van der Waals surface area contributed by atoms with E-state index in [0.29, 0.717) is 14.3 Å². The third-order valence-corrected chi connectivity index (χ3v) is 3.19. The zero-order valence-corrected chi connectivity index (χ0v) is 10.0. The van der Waals surface area contributed by atoms with Crippen LogP contribution in [0.5, 0.6) is 0 Å². The first-order valence-corrected chi connectivity index (χ1v) is 5.31. The van der Waals surface area contributed by atoms with E-state index in [4.69, 9.17) is 16.7 Å². The van der Waals surface area contributed by atoms with Crippen LogP contribution in [-0.2, 0) is 0 Å². The monoisotopic (exact) mass is 326 g/mol. The first kappa shape index (κ1) is 11.7. The van der Waals surface area contributed by atoms with E-state index in [9.17, 15) is 4.79 Å². The topological polar surface area (TPSA) is 62.2 Å². The maximum Gasteiger partial charge on any atom is 0.252 e. The van der Waals surface area contributed by atoms with Gasteiger partial charge in [-0.3, -0.25) is 4.79 Å². The molecule has 0 unspecified atom stereocenters. The number of amides is 1. The van der Waals surface area contributed by atoms with Gasteiger partial charge in [-0.2, -0.15) is 0 Å². The number of nitrogens with zero attached hydrogens (tertiary/aromatic N) is 1. The number of rotatable bonds is 3. The molecular weight excluding hydrogens is 318 g/mol. The molecule has 0 bridgehead atoms. The van der Waals surface area contributed by atoms with Gasteiger partial charge in [-0.25, -0.2) is 4.98 Å². The standard InChI is InChI=1S/C8H8ClIN2O2/c9-7-6(10)5(1-2-11-7)8(14)12-3-4-13/h1-2,13H,3-4H2,(H,12,14). The number of aliphatic hydroxyl groups excluding tert-OH is 1. The number of pyridine rings is 1.